The van der Waals surface area contributed by atoms with E-state index in [1.54, 1.807) is 11.3 Å². The van der Waals surface area contributed by atoms with Crippen LogP contribution in [0.4, 0.5) is 0 Å². The van der Waals surface area contributed by atoms with Crippen molar-refractivity contribution in [1.29, 1.82) is 0 Å². The van der Waals surface area contributed by atoms with Gasteiger partial charge in [-0.3, -0.25) is 4.79 Å². The van der Waals surface area contributed by atoms with Crippen molar-refractivity contribution in [3.63, 3.8) is 0 Å². The van der Waals surface area contributed by atoms with Gasteiger partial charge in [-0.15, -0.1) is 23.7 Å². The molecule has 1 aromatic heterocycles. The first-order valence-corrected chi connectivity index (χ1v) is 7.10. The summed E-state index contributed by atoms with van der Waals surface area (Å²) in [7, 11) is 1.95. The van der Waals surface area contributed by atoms with E-state index in [1.165, 1.54) is 4.88 Å². The maximum Gasteiger partial charge on any atom is 0.230 e. The highest BCUT2D eigenvalue weighted by Gasteiger charge is 2.31. The van der Waals surface area contributed by atoms with Crippen LogP contribution in [0.15, 0.2) is 17.5 Å². The highest BCUT2D eigenvalue weighted by Crippen LogP contribution is 2.26. The number of likely N-dealkylation sites (N-methyl/N-ethyl adjacent to an activating group) is 1. The van der Waals surface area contributed by atoms with Crippen molar-refractivity contribution < 1.29 is 4.79 Å². The maximum atomic E-state index is 12.4. The van der Waals surface area contributed by atoms with E-state index < -0.39 is 0 Å². The number of nitrogens with one attached hydrogen (secondary N) is 1. The fourth-order valence-corrected chi connectivity index (χ4v) is 3.26. The summed E-state index contributed by atoms with van der Waals surface area (Å²) in [5.41, 5.74) is 0. The Balaban J connectivity index is 0.00000162. The van der Waals surface area contributed by atoms with Crippen LogP contribution in [0.2, 0.25) is 0 Å². The molecular weight excluding hydrogens is 268 g/mol. The molecule has 5 heteroatoms. The number of carbonyl (C=O) groups excluding carboxylic acids is 1. The number of likely N-dealkylation sites (tertiary alicyclic amines) is 1. The summed E-state index contributed by atoms with van der Waals surface area (Å²) in [5.74, 6) is 0.289. The fraction of sp³-hybridized carbons (Fsp3) is 0.615. The van der Waals surface area contributed by atoms with Gasteiger partial charge in [-0.2, -0.15) is 0 Å². The van der Waals surface area contributed by atoms with Crippen molar-refractivity contribution in [2.75, 3.05) is 20.1 Å². The van der Waals surface area contributed by atoms with E-state index in [1.807, 2.05) is 25.4 Å². The average molecular weight is 289 g/mol. The van der Waals surface area contributed by atoms with E-state index in [0.717, 1.165) is 25.9 Å². The molecule has 1 saturated heterocycles. The lowest BCUT2D eigenvalue weighted by Crippen LogP contribution is -2.42. The Hall–Kier alpha value is -0.580. The van der Waals surface area contributed by atoms with Crippen LogP contribution in [-0.2, 0) is 4.79 Å². The van der Waals surface area contributed by atoms with Crippen LogP contribution in [0.25, 0.3) is 0 Å². The summed E-state index contributed by atoms with van der Waals surface area (Å²) in [6.07, 6.45) is 2.26. The molecule has 1 N–H and O–H groups in total. The lowest BCUT2D eigenvalue weighted by atomic mass is 10.1. The number of amides is 1. The normalized spacial score (nSPS) is 20.6. The first-order chi connectivity index (χ1) is 8.24. The van der Waals surface area contributed by atoms with Crippen LogP contribution in [0, 0.1) is 0 Å². The van der Waals surface area contributed by atoms with Gasteiger partial charge >= 0.3 is 0 Å². The molecule has 0 aromatic carbocycles. The minimum atomic E-state index is 0. The second-order valence-electron chi connectivity index (χ2n) is 4.62. The maximum absolute atomic E-state index is 12.4. The molecule has 1 aliphatic rings. The second-order valence-corrected chi connectivity index (χ2v) is 5.60. The minimum absolute atomic E-state index is 0. The summed E-state index contributed by atoms with van der Waals surface area (Å²) >= 11 is 1.67. The molecule has 0 saturated carbocycles. The number of hydrogen-bond donors (Lipinski definition) is 1. The number of nitrogens with zero attached hydrogens (tertiary/aromatic N) is 1. The smallest absolute Gasteiger partial charge is 0.230 e. The number of thiophene rings is 1. The molecule has 1 amide bonds. The van der Waals surface area contributed by atoms with Gasteiger partial charge in [0.25, 0.3) is 0 Å². The van der Waals surface area contributed by atoms with Crippen LogP contribution in [0.5, 0.6) is 0 Å². The lowest BCUT2D eigenvalue weighted by Gasteiger charge is -2.27. The molecule has 2 rings (SSSR count). The first kappa shape index (κ1) is 15.5. The van der Waals surface area contributed by atoms with Gasteiger partial charge in [-0.05, 0) is 38.3 Å². The van der Waals surface area contributed by atoms with Gasteiger partial charge in [-0.25, -0.2) is 0 Å². The summed E-state index contributed by atoms with van der Waals surface area (Å²) < 4.78 is 0. The zero-order valence-corrected chi connectivity index (χ0v) is 12.5. The standard InChI is InChI=1S/C13H20N2OS.ClH/c1-10(12-6-4-8-17-12)13(16)15-7-3-5-11(15)9-14-2;/h4,6,8,10-11,14H,3,5,7,9H2,1-2H3;1H. The molecule has 2 unspecified atom stereocenters. The van der Waals surface area contributed by atoms with Crippen LogP contribution in [0.3, 0.4) is 0 Å². The summed E-state index contributed by atoms with van der Waals surface area (Å²) in [6.45, 7) is 3.84. The SMILES string of the molecule is CNCC1CCCN1C(=O)C(C)c1cccs1.Cl. The van der Waals surface area contributed by atoms with Crippen LogP contribution >= 0.6 is 23.7 Å². The van der Waals surface area contributed by atoms with Gasteiger partial charge in [0.05, 0.1) is 5.92 Å². The summed E-state index contributed by atoms with van der Waals surface area (Å²) in [6, 6.07) is 4.45. The van der Waals surface area contributed by atoms with E-state index >= 15 is 0 Å². The van der Waals surface area contributed by atoms with Gasteiger partial charge in [0.15, 0.2) is 0 Å². The molecule has 1 aromatic rings. The van der Waals surface area contributed by atoms with Gasteiger partial charge in [0, 0.05) is 24.0 Å². The molecule has 1 fully saturated rings. The predicted molar refractivity (Wildman–Crippen MR) is 78.6 cm³/mol. The third kappa shape index (κ3) is 3.25. The largest absolute Gasteiger partial charge is 0.338 e. The van der Waals surface area contributed by atoms with Gasteiger partial charge in [0.1, 0.15) is 0 Å². The van der Waals surface area contributed by atoms with E-state index in [0.29, 0.717) is 6.04 Å². The Morgan fingerprint density at radius 1 is 1.67 bits per heavy atom. The predicted octanol–water partition coefficient (Wildman–Crippen LogP) is 2.48. The highest BCUT2D eigenvalue weighted by atomic mass is 35.5. The van der Waals surface area contributed by atoms with E-state index in [9.17, 15) is 4.79 Å². The molecule has 102 valence electrons. The van der Waals surface area contributed by atoms with E-state index in [-0.39, 0.29) is 24.2 Å². The zero-order valence-electron chi connectivity index (χ0n) is 10.9. The quantitative estimate of drug-likeness (QED) is 0.923. The Bertz CT molecular complexity index is 369. The molecule has 2 atom stereocenters. The summed E-state index contributed by atoms with van der Waals surface area (Å²) in [4.78, 5) is 15.7. The first-order valence-electron chi connectivity index (χ1n) is 6.22. The van der Waals surface area contributed by atoms with Crippen LogP contribution in [0.1, 0.15) is 30.6 Å². The molecule has 3 nitrogen and oxygen atoms in total. The monoisotopic (exact) mass is 288 g/mol. The Morgan fingerprint density at radius 3 is 3.06 bits per heavy atom. The van der Waals surface area contributed by atoms with Crippen molar-refractivity contribution in [3.8, 4) is 0 Å². The molecule has 0 spiro atoms. The Morgan fingerprint density at radius 2 is 2.44 bits per heavy atom. The lowest BCUT2D eigenvalue weighted by molar-refractivity contribution is -0.133. The molecule has 18 heavy (non-hydrogen) atoms. The number of carbonyl (C=O) groups is 1. The third-order valence-corrected chi connectivity index (χ3v) is 4.50. The average Bonchev–Trinajstić information content (AvgIpc) is 2.98. The summed E-state index contributed by atoms with van der Waals surface area (Å²) in [5, 5.41) is 5.21. The van der Waals surface area contributed by atoms with Crippen molar-refractivity contribution in [2.24, 2.45) is 0 Å². The number of halogens is 1. The van der Waals surface area contributed by atoms with Crippen LogP contribution in [-0.4, -0.2) is 37.0 Å². The zero-order chi connectivity index (χ0) is 12.3. The molecule has 0 bridgehead atoms. The van der Waals surface area contributed by atoms with Crippen molar-refractivity contribution >= 4 is 29.7 Å². The molecule has 0 radical (unpaired) electrons. The van der Waals surface area contributed by atoms with Gasteiger partial charge in [-0.1, -0.05) is 6.07 Å². The number of hydrogen-bond acceptors (Lipinski definition) is 3. The molecule has 2 heterocycles. The Kier molecular flexibility index (Phi) is 6.12. The van der Waals surface area contributed by atoms with Crippen LogP contribution < -0.4 is 5.32 Å². The van der Waals surface area contributed by atoms with Crippen molar-refractivity contribution in [1.82, 2.24) is 10.2 Å². The topological polar surface area (TPSA) is 32.3 Å². The highest BCUT2D eigenvalue weighted by molar-refractivity contribution is 7.10. The van der Waals surface area contributed by atoms with Crippen molar-refractivity contribution in [2.45, 2.75) is 31.7 Å². The molecular formula is C13H21ClN2OS. The minimum Gasteiger partial charge on any atom is -0.338 e. The fourth-order valence-electron chi connectivity index (χ4n) is 2.48. The third-order valence-electron chi connectivity index (χ3n) is 3.44. The molecule has 1 aliphatic heterocycles. The van der Waals surface area contributed by atoms with E-state index in [2.05, 4.69) is 16.3 Å². The Labute approximate surface area is 119 Å². The second kappa shape index (κ2) is 7.12. The van der Waals surface area contributed by atoms with Crippen molar-refractivity contribution in [3.05, 3.63) is 22.4 Å². The number of rotatable bonds is 4. The van der Waals surface area contributed by atoms with Gasteiger partial charge < -0.3 is 10.2 Å². The van der Waals surface area contributed by atoms with Gasteiger partial charge in [0.2, 0.25) is 5.91 Å². The van der Waals surface area contributed by atoms with E-state index in [4.69, 9.17) is 0 Å². The molecule has 0 aliphatic carbocycles.